The van der Waals surface area contributed by atoms with E-state index in [0.717, 1.165) is 25.2 Å². The lowest BCUT2D eigenvalue weighted by Gasteiger charge is -2.34. The van der Waals surface area contributed by atoms with Crippen LogP contribution in [0.1, 0.15) is 16.7 Å². The lowest BCUT2D eigenvalue weighted by Crippen LogP contribution is -2.48. The van der Waals surface area contributed by atoms with Gasteiger partial charge in [0.05, 0.1) is 18.1 Å². The van der Waals surface area contributed by atoms with Crippen LogP contribution in [0.15, 0.2) is 48.5 Å². The number of halogens is 1. The van der Waals surface area contributed by atoms with E-state index in [-0.39, 0.29) is 11.7 Å². The van der Waals surface area contributed by atoms with Gasteiger partial charge in [0, 0.05) is 32.7 Å². The third-order valence-electron chi connectivity index (χ3n) is 4.48. The summed E-state index contributed by atoms with van der Waals surface area (Å²) in [6.07, 6.45) is 0.315. The number of benzene rings is 2. The fraction of sp³-hybridized carbons (Fsp3) is 0.300. The zero-order valence-electron chi connectivity index (χ0n) is 14.0. The highest BCUT2D eigenvalue weighted by Gasteiger charge is 2.21. The number of hydrogen-bond acceptors (Lipinski definition) is 3. The molecule has 25 heavy (non-hydrogen) atoms. The maximum absolute atomic E-state index is 12.9. The van der Waals surface area contributed by atoms with Crippen molar-refractivity contribution in [2.75, 3.05) is 26.2 Å². The van der Waals surface area contributed by atoms with Crippen molar-refractivity contribution < 1.29 is 9.18 Å². The Morgan fingerprint density at radius 2 is 1.56 bits per heavy atom. The first-order valence-corrected chi connectivity index (χ1v) is 8.37. The third-order valence-corrected chi connectivity index (χ3v) is 4.48. The first kappa shape index (κ1) is 17.1. The van der Waals surface area contributed by atoms with Crippen molar-refractivity contribution in [3.05, 3.63) is 71.0 Å². The average Bonchev–Trinajstić information content (AvgIpc) is 2.65. The number of nitrogens with zero attached hydrogens (tertiary/aromatic N) is 3. The Bertz CT molecular complexity index is 757. The molecule has 0 radical (unpaired) electrons. The normalized spacial score (nSPS) is 15.0. The van der Waals surface area contributed by atoms with Crippen LogP contribution in [0, 0.1) is 17.1 Å². The molecule has 0 N–H and O–H groups in total. The molecule has 1 saturated heterocycles. The minimum atomic E-state index is -0.285. The van der Waals surface area contributed by atoms with E-state index < -0.39 is 0 Å². The number of piperazine rings is 1. The highest BCUT2D eigenvalue weighted by molar-refractivity contribution is 5.78. The lowest BCUT2D eigenvalue weighted by atomic mass is 10.1. The number of amides is 1. The molecule has 0 atom stereocenters. The molecule has 1 fully saturated rings. The molecule has 3 rings (SSSR count). The van der Waals surface area contributed by atoms with Crippen molar-refractivity contribution in [2.24, 2.45) is 0 Å². The van der Waals surface area contributed by atoms with E-state index >= 15 is 0 Å². The van der Waals surface area contributed by atoms with Crippen molar-refractivity contribution in [3.63, 3.8) is 0 Å². The zero-order valence-corrected chi connectivity index (χ0v) is 14.0. The molecule has 2 aromatic carbocycles. The van der Waals surface area contributed by atoms with Gasteiger partial charge in [0.2, 0.25) is 5.91 Å². The Hall–Kier alpha value is -2.71. The van der Waals surface area contributed by atoms with Crippen LogP contribution in [0.3, 0.4) is 0 Å². The molecule has 5 heteroatoms. The predicted molar refractivity (Wildman–Crippen MR) is 93.1 cm³/mol. The standard InChI is InChI=1S/C20H20FN3O/c21-19-7-5-16(6-8-19)13-20(25)24-11-9-23(10-12-24)15-18-3-1-17(14-22)2-4-18/h1-8H,9-13,15H2. The van der Waals surface area contributed by atoms with E-state index in [4.69, 9.17) is 5.26 Å². The van der Waals surface area contributed by atoms with Gasteiger partial charge in [-0.05, 0) is 35.4 Å². The quantitative estimate of drug-likeness (QED) is 0.861. The van der Waals surface area contributed by atoms with Crippen LogP contribution in [0.4, 0.5) is 4.39 Å². The van der Waals surface area contributed by atoms with E-state index in [0.29, 0.717) is 25.1 Å². The topological polar surface area (TPSA) is 47.3 Å². The maximum atomic E-state index is 12.9. The summed E-state index contributed by atoms with van der Waals surface area (Å²) in [4.78, 5) is 16.6. The van der Waals surface area contributed by atoms with E-state index in [9.17, 15) is 9.18 Å². The first-order valence-electron chi connectivity index (χ1n) is 8.37. The average molecular weight is 337 g/mol. The Kier molecular flexibility index (Phi) is 5.42. The molecule has 128 valence electrons. The van der Waals surface area contributed by atoms with Crippen LogP contribution in [-0.2, 0) is 17.8 Å². The van der Waals surface area contributed by atoms with Crippen molar-refractivity contribution in [2.45, 2.75) is 13.0 Å². The Morgan fingerprint density at radius 3 is 2.16 bits per heavy atom. The van der Waals surface area contributed by atoms with Crippen molar-refractivity contribution in [1.82, 2.24) is 9.80 Å². The molecule has 0 aromatic heterocycles. The van der Waals surface area contributed by atoms with Crippen LogP contribution < -0.4 is 0 Å². The van der Waals surface area contributed by atoms with Crippen LogP contribution >= 0.6 is 0 Å². The SMILES string of the molecule is N#Cc1ccc(CN2CCN(C(=O)Cc3ccc(F)cc3)CC2)cc1. The van der Waals surface area contributed by atoms with Gasteiger partial charge >= 0.3 is 0 Å². The van der Waals surface area contributed by atoms with Crippen LogP contribution in [0.5, 0.6) is 0 Å². The second-order valence-corrected chi connectivity index (χ2v) is 6.27. The minimum absolute atomic E-state index is 0.0876. The van der Waals surface area contributed by atoms with Gasteiger partial charge < -0.3 is 4.90 Å². The van der Waals surface area contributed by atoms with E-state index in [1.165, 1.54) is 17.7 Å². The van der Waals surface area contributed by atoms with E-state index in [2.05, 4.69) is 11.0 Å². The molecule has 0 saturated carbocycles. The first-order chi connectivity index (χ1) is 12.1. The zero-order chi connectivity index (χ0) is 17.6. The van der Waals surface area contributed by atoms with Crippen molar-refractivity contribution in [3.8, 4) is 6.07 Å². The maximum Gasteiger partial charge on any atom is 0.227 e. The molecule has 1 aliphatic heterocycles. The van der Waals surface area contributed by atoms with Gasteiger partial charge in [0.25, 0.3) is 0 Å². The molecule has 0 unspecified atom stereocenters. The van der Waals surface area contributed by atoms with Crippen molar-refractivity contribution >= 4 is 5.91 Å². The highest BCUT2D eigenvalue weighted by Crippen LogP contribution is 2.12. The summed E-state index contributed by atoms with van der Waals surface area (Å²) in [5.74, 6) is -0.197. The number of carbonyl (C=O) groups excluding carboxylic acids is 1. The summed E-state index contributed by atoms with van der Waals surface area (Å²) in [5.41, 5.74) is 2.68. The smallest absolute Gasteiger partial charge is 0.227 e. The molecular formula is C20H20FN3O. The van der Waals surface area contributed by atoms with Gasteiger partial charge in [-0.2, -0.15) is 5.26 Å². The summed E-state index contributed by atoms with van der Waals surface area (Å²) in [5, 5.41) is 8.83. The molecule has 4 nitrogen and oxygen atoms in total. The van der Waals surface area contributed by atoms with Gasteiger partial charge in [0.15, 0.2) is 0 Å². The van der Waals surface area contributed by atoms with Gasteiger partial charge in [0.1, 0.15) is 5.82 Å². The largest absolute Gasteiger partial charge is 0.340 e. The number of nitriles is 1. The minimum Gasteiger partial charge on any atom is -0.340 e. The summed E-state index contributed by atoms with van der Waals surface area (Å²) >= 11 is 0. The fourth-order valence-corrected chi connectivity index (χ4v) is 2.99. The molecule has 1 amide bonds. The van der Waals surface area contributed by atoms with Crippen LogP contribution in [0.25, 0.3) is 0 Å². The number of hydrogen-bond donors (Lipinski definition) is 0. The molecule has 1 heterocycles. The summed E-state index contributed by atoms with van der Waals surface area (Å²) < 4.78 is 12.9. The van der Waals surface area contributed by atoms with Gasteiger partial charge in [-0.15, -0.1) is 0 Å². The second kappa shape index (κ2) is 7.91. The lowest BCUT2D eigenvalue weighted by molar-refractivity contribution is -0.132. The van der Waals surface area contributed by atoms with E-state index in [1.54, 1.807) is 12.1 Å². The summed E-state index contributed by atoms with van der Waals surface area (Å²) in [7, 11) is 0. The molecular weight excluding hydrogens is 317 g/mol. The van der Waals surface area contributed by atoms with Crippen LogP contribution in [-0.4, -0.2) is 41.9 Å². The van der Waals surface area contributed by atoms with Gasteiger partial charge in [-0.1, -0.05) is 24.3 Å². The molecule has 0 aliphatic carbocycles. The molecule has 0 spiro atoms. The molecule has 0 bridgehead atoms. The predicted octanol–water partition coefficient (Wildman–Crippen LogP) is 2.58. The number of carbonyl (C=O) groups is 1. The van der Waals surface area contributed by atoms with Gasteiger partial charge in [-0.25, -0.2) is 4.39 Å². The van der Waals surface area contributed by atoms with Crippen molar-refractivity contribution in [1.29, 1.82) is 5.26 Å². The summed E-state index contributed by atoms with van der Waals surface area (Å²) in [6, 6.07) is 15.8. The number of rotatable bonds is 4. The molecule has 1 aliphatic rings. The monoisotopic (exact) mass is 337 g/mol. The molecule has 2 aromatic rings. The Balaban J connectivity index is 1.48. The Labute approximate surface area is 147 Å². The third kappa shape index (κ3) is 4.65. The second-order valence-electron chi connectivity index (χ2n) is 6.27. The highest BCUT2D eigenvalue weighted by atomic mass is 19.1. The van der Waals surface area contributed by atoms with Gasteiger partial charge in [-0.3, -0.25) is 9.69 Å². The fourth-order valence-electron chi connectivity index (χ4n) is 2.99. The Morgan fingerprint density at radius 1 is 0.960 bits per heavy atom. The van der Waals surface area contributed by atoms with E-state index in [1.807, 2.05) is 29.2 Å². The summed E-state index contributed by atoms with van der Waals surface area (Å²) in [6.45, 7) is 3.89. The van der Waals surface area contributed by atoms with Crippen LogP contribution in [0.2, 0.25) is 0 Å².